The van der Waals surface area contributed by atoms with Gasteiger partial charge in [-0.3, -0.25) is 0 Å². The van der Waals surface area contributed by atoms with Gasteiger partial charge >= 0.3 is 0 Å². The Morgan fingerprint density at radius 1 is 1.28 bits per heavy atom. The highest BCUT2D eigenvalue weighted by molar-refractivity contribution is 5.72. The first-order valence-corrected chi connectivity index (χ1v) is 9.14. The zero-order valence-electron chi connectivity index (χ0n) is 15.9. The van der Waals surface area contributed by atoms with E-state index < -0.39 is 0 Å². The van der Waals surface area contributed by atoms with Crippen molar-refractivity contribution in [2.45, 2.75) is 33.1 Å². The van der Waals surface area contributed by atoms with E-state index in [1.165, 1.54) is 29.2 Å². The van der Waals surface area contributed by atoms with Crippen molar-refractivity contribution in [1.29, 1.82) is 0 Å². The van der Waals surface area contributed by atoms with Crippen molar-refractivity contribution in [3.05, 3.63) is 77.4 Å². The van der Waals surface area contributed by atoms with Gasteiger partial charge < -0.3 is 5.32 Å². The smallest absolute Gasteiger partial charge is 0.0327 e. The first-order chi connectivity index (χ1) is 12.2. The number of allylic oxidation sites excluding steroid dienone is 5. The summed E-state index contributed by atoms with van der Waals surface area (Å²) in [5.74, 6) is 0.341. The summed E-state index contributed by atoms with van der Waals surface area (Å²) in [6.45, 7) is 13.3. The van der Waals surface area contributed by atoms with Crippen molar-refractivity contribution in [1.82, 2.24) is 5.32 Å². The average molecular weight is 334 g/mol. The molecule has 0 aromatic heterocycles. The molecule has 0 spiro atoms. The molecule has 0 amide bonds. The van der Waals surface area contributed by atoms with Gasteiger partial charge in [0.1, 0.15) is 0 Å². The number of hydrogen-bond acceptors (Lipinski definition) is 1. The van der Waals surface area contributed by atoms with Crippen LogP contribution in [0.2, 0.25) is 0 Å². The summed E-state index contributed by atoms with van der Waals surface area (Å²) in [6, 6.07) is 6.28. The lowest BCUT2D eigenvalue weighted by Crippen LogP contribution is -2.28. The molecule has 2 rings (SSSR count). The van der Waals surface area contributed by atoms with Crippen molar-refractivity contribution >= 4 is 17.4 Å². The van der Waals surface area contributed by atoms with Crippen LogP contribution in [0.4, 0.5) is 0 Å². The van der Waals surface area contributed by atoms with E-state index in [0.717, 1.165) is 18.2 Å². The lowest BCUT2D eigenvalue weighted by Gasteiger charge is -2.16. The molecule has 0 bridgehead atoms. The molecule has 1 nitrogen and oxygen atoms in total. The Hall–Kier alpha value is -2.30. The topological polar surface area (TPSA) is 12.0 Å². The van der Waals surface area contributed by atoms with Gasteiger partial charge in [-0.15, -0.1) is 6.58 Å². The van der Waals surface area contributed by atoms with E-state index in [4.69, 9.17) is 0 Å². The predicted molar refractivity (Wildman–Crippen MR) is 113 cm³/mol. The Morgan fingerprint density at radius 3 is 2.64 bits per heavy atom. The van der Waals surface area contributed by atoms with Gasteiger partial charge in [-0.25, -0.2) is 0 Å². The number of hydrogen-bond donors (Lipinski definition) is 1. The normalized spacial score (nSPS) is 12.8. The van der Waals surface area contributed by atoms with Crippen molar-refractivity contribution in [2.24, 2.45) is 5.92 Å². The molecule has 132 valence electrons. The van der Waals surface area contributed by atoms with Gasteiger partial charge in [0.05, 0.1) is 0 Å². The quantitative estimate of drug-likeness (QED) is 0.323. The van der Waals surface area contributed by atoms with E-state index >= 15 is 0 Å². The number of nitrogens with one attached hydrogen (secondary N) is 1. The third kappa shape index (κ3) is 6.25. The van der Waals surface area contributed by atoms with Crippen LogP contribution in [0.25, 0.3) is 17.4 Å². The molecule has 1 N–H and O–H groups in total. The Kier molecular flexibility index (Phi) is 10.1. The Morgan fingerprint density at radius 2 is 2.08 bits per heavy atom. The molecule has 25 heavy (non-hydrogen) atoms. The van der Waals surface area contributed by atoms with Crippen LogP contribution in [0.5, 0.6) is 0 Å². The molecular formula is C24H31N. The van der Waals surface area contributed by atoms with Crippen LogP contribution in [0.15, 0.2) is 61.4 Å². The van der Waals surface area contributed by atoms with Gasteiger partial charge in [-0.1, -0.05) is 68.7 Å². The minimum Gasteiger partial charge on any atom is -0.320 e. The molecule has 1 aliphatic carbocycles. The molecule has 0 heterocycles. The summed E-state index contributed by atoms with van der Waals surface area (Å²) < 4.78 is 0. The second-order valence-electron chi connectivity index (χ2n) is 5.93. The molecule has 0 radical (unpaired) electrons. The molecule has 0 saturated heterocycles. The number of benzene rings is 1. The molecule has 0 aliphatic heterocycles. The minimum atomic E-state index is 0.341. The molecule has 1 aliphatic rings. The van der Waals surface area contributed by atoms with E-state index in [1.807, 2.05) is 25.3 Å². The molecule has 1 heteroatoms. The summed E-state index contributed by atoms with van der Waals surface area (Å²) in [5.41, 5.74) is 8.66. The summed E-state index contributed by atoms with van der Waals surface area (Å²) in [6.07, 6.45) is 13.6. The van der Waals surface area contributed by atoms with Crippen LogP contribution >= 0.6 is 0 Å². The molecule has 0 fully saturated rings. The van der Waals surface area contributed by atoms with Gasteiger partial charge in [-0.05, 0) is 61.0 Å². The zero-order valence-corrected chi connectivity index (χ0v) is 15.9. The number of rotatable bonds is 8. The Bertz CT molecular complexity index is 778. The van der Waals surface area contributed by atoms with Gasteiger partial charge in [0, 0.05) is 11.1 Å². The van der Waals surface area contributed by atoms with E-state index in [1.54, 1.807) is 0 Å². The standard InChI is InChI=1S/C19H18.C5H13N/c1-4-10-17(15(5-2)6-3)19-14-9-12-16-11-7-8-13-18(16)19;1-3-4-5-6-2/h4-5,8-10,12-15H,1-2,6H2,3H3;6H,3-5H2,1-2H3/b17-10+;. The Balaban J connectivity index is 0.000000450. The van der Waals surface area contributed by atoms with E-state index in [-0.39, 0.29) is 0 Å². The highest BCUT2D eigenvalue weighted by Crippen LogP contribution is 2.24. The van der Waals surface area contributed by atoms with Crippen molar-refractivity contribution in [2.75, 3.05) is 13.6 Å². The van der Waals surface area contributed by atoms with E-state index in [0.29, 0.717) is 5.92 Å². The Labute approximate surface area is 153 Å². The monoisotopic (exact) mass is 333 g/mol. The SMILES string of the molecule is C=C/C=C(/c1cccc2c1=CC=C=C=2)C(C=C)CC.CCCCNC. The zero-order chi connectivity index (χ0) is 18.5. The molecule has 1 unspecified atom stereocenters. The van der Waals surface area contributed by atoms with Gasteiger partial charge in [0.2, 0.25) is 0 Å². The van der Waals surface area contributed by atoms with Crippen LogP contribution in [0, 0.1) is 5.92 Å². The summed E-state index contributed by atoms with van der Waals surface area (Å²) in [5, 5.41) is 5.36. The average Bonchev–Trinajstić information content (AvgIpc) is 2.66. The maximum absolute atomic E-state index is 3.95. The molecule has 1 atom stereocenters. The fourth-order valence-corrected chi connectivity index (χ4v) is 2.76. The maximum atomic E-state index is 3.95. The number of fused-ring (bicyclic) bond motifs is 1. The number of unbranched alkanes of at least 4 members (excludes halogenated alkanes) is 1. The highest BCUT2D eigenvalue weighted by Gasteiger charge is 2.12. The third-order valence-electron chi connectivity index (χ3n) is 4.16. The molecular weight excluding hydrogens is 302 g/mol. The van der Waals surface area contributed by atoms with Crippen molar-refractivity contribution in [3.8, 4) is 0 Å². The van der Waals surface area contributed by atoms with Crippen molar-refractivity contribution in [3.63, 3.8) is 0 Å². The van der Waals surface area contributed by atoms with Crippen LogP contribution in [-0.4, -0.2) is 13.6 Å². The van der Waals surface area contributed by atoms with Gasteiger partial charge in [-0.2, -0.15) is 0 Å². The van der Waals surface area contributed by atoms with Crippen LogP contribution in [0.1, 0.15) is 38.7 Å². The van der Waals surface area contributed by atoms with Crippen molar-refractivity contribution < 1.29 is 0 Å². The first kappa shape index (κ1) is 20.7. The lowest BCUT2D eigenvalue weighted by molar-refractivity contribution is 0.711. The molecule has 1 aromatic rings. The lowest BCUT2D eigenvalue weighted by atomic mass is 9.88. The highest BCUT2D eigenvalue weighted by atomic mass is 14.8. The largest absolute Gasteiger partial charge is 0.320 e. The molecule has 0 saturated carbocycles. The fourth-order valence-electron chi connectivity index (χ4n) is 2.76. The van der Waals surface area contributed by atoms with Crippen LogP contribution in [-0.2, 0) is 0 Å². The third-order valence-corrected chi connectivity index (χ3v) is 4.16. The predicted octanol–water partition coefficient (Wildman–Crippen LogP) is 4.36. The summed E-state index contributed by atoms with van der Waals surface area (Å²) in [7, 11) is 1.98. The van der Waals surface area contributed by atoms with Gasteiger partial charge in [0.15, 0.2) is 0 Å². The first-order valence-electron chi connectivity index (χ1n) is 9.14. The van der Waals surface area contributed by atoms with Crippen LogP contribution in [0.3, 0.4) is 0 Å². The van der Waals surface area contributed by atoms with E-state index in [9.17, 15) is 0 Å². The van der Waals surface area contributed by atoms with E-state index in [2.05, 4.69) is 74.1 Å². The van der Waals surface area contributed by atoms with Gasteiger partial charge in [0.25, 0.3) is 0 Å². The van der Waals surface area contributed by atoms with Crippen LogP contribution < -0.4 is 15.8 Å². The minimum absolute atomic E-state index is 0.341. The second-order valence-corrected chi connectivity index (χ2v) is 5.93. The summed E-state index contributed by atoms with van der Waals surface area (Å²) >= 11 is 0. The molecule has 1 aromatic carbocycles. The summed E-state index contributed by atoms with van der Waals surface area (Å²) in [4.78, 5) is 0. The fraction of sp³-hybridized carbons (Fsp3) is 0.333. The second kappa shape index (κ2) is 12.1. The maximum Gasteiger partial charge on any atom is 0.0327 e.